The van der Waals surface area contributed by atoms with Gasteiger partial charge in [-0.05, 0) is 50.0 Å². The minimum atomic E-state index is 0.640. The van der Waals surface area contributed by atoms with E-state index in [4.69, 9.17) is 4.74 Å². The molecule has 1 aliphatic rings. The average molecular weight is 290 g/mol. The van der Waals surface area contributed by atoms with Gasteiger partial charge >= 0.3 is 0 Å². The summed E-state index contributed by atoms with van der Waals surface area (Å²) in [7, 11) is 2.21. The lowest BCUT2D eigenvalue weighted by molar-refractivity contribution is 0.174. The van der Waals surface area contributed by atoms with Gasteiger partial charge in [0.1, 0.15) is 5.75 Å². The number of ether oxygens (including phenoxy) is 1. The van der Waals surface area contributed by atoms with Crippen LogP contribution in [-0.4, -0.2) is 37.7 Å². The van der Waals surface area contributed by atoms with Crippen molar-refractivity contribution in [2.45, 2.75) is 45.7 Å². The van der Waals surface area contributed by atoms with Crippen LogP contribution in [0.1, 0.15) is 38.7 Å². The standard InChI is InChI=1S/C18H30N2O/c1-4-5-12-21-17-8-6-16(7-9-17)13-19-18-10-11-20(3)14-15(18)2/h6-9,15,18-19H,4-5,10-14H2,1-3H3. The second-order valence-electron chi connectivity index (χ2n) is 6.36. The van der Waals surface area contributed by atoms with E-state index < -0.39 is 0 Å². The van der Waals surface area contributed by atoms with Crippen molar-refractivity contribution >= 4 is 0 Å². The van der Waals surface area contributed by atoms with E-state index in [0.29, 0.717) is 6.04 Å². The maximum absolute atomic E-state index is 5.70. The Bertz CT molecular complexity index is 404. The molecule has 0 radical (unpaired) electrons. The van der Waals surface area contributed by atoms with Gasteiger partial charge in [0, 0.05) is 19.1 Å². The molecule has 1 saturated heterocycles. The lowest BCUT2D eigenvalue weighted by Crippen LogP contribution is -2.46. The first kappa shape index (κ1) is 16.3. The summed E-state index contributed by atoms with van der Waals surface area (Å²) in [5.41, 5.74) is 1.34. The minimum absolute atomic E-state index is 0.640. The van der Waals surface area contributed by atoms with Crippen molar-refractivity contribution in [3.05, 3.63) is 29.8 Å². The molecule has 0 aliphatic carbocycles. The highest BCUT2D eigenvalue weighted by Gasteiger charge is 2.23. The molecule has 1 fully saturated rings. The molecule has 2 atom stereocenters. The highest BCUT2D eigenvalue weighted by atomic mass is 16.5. The fraction of sp³-hybridized carbons (Fsp3) is 0.667. The molecule has 0 aromatic heterocycles. The fourth-order valence-corrected chi connectivity index (χ4v) is 2.94. The van der Waals surface area contributed by atoms with Gasteiger partial charge in [0.25, 0.3) is 0 Å². The lowest BCUT2D eigenvalue weighted by atomic mass is 9.94. The Kier molecular flexibility index (Phi) is 6.52. The summed E-state index contributed by atoms with van der Waals surface area (Å²) in [5, 5.41) is 3.71. The van der Waals surface area contributed by atoms with Crippen molar-refractivity contribution in [2.24, 2.45) is 5.92 Å². The van der Waals surface area contributed by atoms with E-state index in [1.165, 1.54) is 31.5 Å². The van der Waals surface area contributed by atoms with E-state index >= 15 is 0 Å². The molecule has 1 N–H and O–H groups in total. The predicted octanol–water partition coefficient (Wildman–Crippen LogP) is 3.30. The van der Waals surface area contributed by atoms with Crippen molar-refractivity contribution in [2.75, 3.05) is 26.7 Å². The largest absolute Gasteiger partial charge is 0.494 e. The van der Waals surface area contributed by atoms with Crippen LogP contribution >= 0.6 is 0 Å². The third kappa shape index (κ3) is 5.33. The van der Waals surface area contributed by atoms with Gasteiger partial charge in [0.2, 0.25) is 0 Å². The van der Waals surface area contributed by atoms with Gasteiger partial charge in [-0.25, -0.2) is 0 Å². The Morgan fingerprint density at radius 3 is 2.71 bits per heavy atom. The number of nitrogens with one attached hydrogen (secondary N) is 1. The maximum Gasteiger partial charge on any atom is 0.119 e. The summed E-state index contributed by atoms with van der Waals surface area (Å²) in [6, 6.07) is 9.17. The third-order valence-electron chi connectivity index (χ3n) is 4.37. The SMILES string of the molecule is CCCCOc1ccc(CNC2CCN(C)CC2C)cc1. The number of unbranched alkanes of at least 4 members (excludes halogenated alkanes) is 1. The summed E-state index contributed by atoms with van der Waals surface area (Å²) in [4.78, 5) is 2.42. The summed E-state index contributed by atoms with van der Waals surface area (Å²) >= 11 is 0. The Hall–Kier alpha value is -1.06. The molecule has 0 amide bonds. The molecular weight excluding hydrogens is 260 g/mol. The molecule has 118 valence electrons. The van der Waals surface area contributed by atoms with Crippen LogP contribution in [0.15, 0.2) is 24.3 Å². The number of hydrogen-bond donors (Lipinski definition) is 1. The fourth-order valence-electron chi connectivity index (χ4n) is 2.94. The normalized spacial score (nSPS) is 23.2. The van der Waals surface area contributed by atoms with E-state index in [-0.39, 0.29) is 0 Å². The lowest BCUT2D eigenvalue weighted by Gasteiger charge is -2.35. The van der Waals surface area contributed by atoms with Crippen molar-refractivity contribution in [1.82, 2.24) is 10.2 Å². The second kappa shape index (κ2) is 8.40. The topological polar surface area (TPSA) is 24.5 Å². The zero-order valence-electron chi connectivity index (χ0n) is 13.8. The molecule has 1 aliphatic heterocycles. The Morgan fingerprint density at radius 1 is 1.29 bits per heavy atom. The van der Waals surface area contributed by atoms with Crippen LogP contribution in [0.4, 0.5) is 0 Å². The van der Waals surface area contributed by atoms with Crippen molar-refractivity contribution in [3.63, 3.8) is 0 Å². The van der Waals surface area contributed by atoms with Gasteiger partial charge in [-0.2, -0.15) is 0 Å². The number of benzene rings is 1. The molecule has 1 aromatic carbocycles. The van der Waals surface area contributed by atoms with Crippen molar-refractivity contribution in [3.8, 4) is 5.75 Å². The molecule has 0 spiro atoms. The molecule has 21 heavy (non-hydrogen) atoms. The molecule has 3 heteroatoms. The van der Waals surface area contributed by atoms with Crippen molar-refractivity contribution < 1.29 is 4.74 Å². The molecule has 2 unspecified atom stereocenters. The minimum Gasteiger partial charge on any atom is -0.494 e. The highest BCUT2D eigenvalue weighted by Crippen LogP contribution is 2.17. The second-order valence-corrected chi connectivity index (χ2v) is 6.36. The highest BCUT2D eigenvalue weighted by molar-refractivity contribution is 5.27. The molecule has 0 saturated carbocycles. The van der Waals surface area contributed by atoms with Crippen LogP contribution in [0.2, 0.25) is 0 Å². The van der Waals surface area contributed by atoms with Crippen LogP contribution in [0.3, 0.4) is 0 Å². The summed E-state index contributed by atoms with van der Waals surface area (Å²) in [6.07, 6.45) is 3.55. The van der Waals surface area contributed by atoms with E-state index in [1.807, 2.05) is 0 Å². The number of rotatable bonds is 7. The Morgan fingerprint density at radius 2 is 2.05 bits per heavy atom. The van der Waals surface area contributed by atoms with E-state index in [9.17, 15) is 0 Å². The zero-order chi connectivity index (χ0) is 15.1. The van der Waals surface area contributed by atoms with Crippen LogP contribution in [0, 0.1) is 5.92 Å². The number of piperidine rings is 1. The van der Waals surface area contributed by atoms with E-state index in [2.05, 4.69) is 55.4 Å². The van der Waals surface area contributed by atoms with E-state index in [1.54, 1.807) is 0 Å². The molecule has 2 rings (SSSR count). The van der Waals surface area contributed by atoms with Crippen LogP contribution < -0.4 is 10.1 Å². The Balaban J connectivity index is 1.75. The van der Waals surface area contributed by atoms with Gasteiger partial charge in [-0.15, -0.1) is 0 Å². The quantitative estimate of drug-likeness (QED) is 0.780. The summed E-state index contributed by atoms with van der Waals surface area (Å²) in [6.45, 7) is 8.70. The number of likely N-dealkylation sites (tertiary alicyclic amines) is 1. The van der Waals surface area contributed by atoms with E-state index in [0.717, 1.165) is 31.2 Å². The van der Waals surface area contributed by atoms with Crippen LogP contribution in [0.25, 0.3) is 0 Å². The summed E-state index contributed by atoms with van der Waals surface area (Å²) < 4.78 is 5.70. The first-order chi connectivity index (χ1) is 10.2. The maximum atomic E-state index is 5.70. The molecule has 1 heterocycles. The van der Waals surface area contributed by atoms with Gasteiger partial charge in [0.05, 0.1) is 6.61 Å². The first-order valence-electron chi connectivity index (χ1n) is 8.32. The van der Waals surface area contributed by atoms with Crippen molar-refractivity contribution in [1.29, 1.82) is 0 Å². The van der Waals surface area contributed by atoms with Gasteiger partial charge < -0.3 is 15.0 Å². The van der Waals surface area contributed by atoms with Gasteiger partial charge in [0.15, 0.2) is 0 Å². The molecule has 0 bridgehead atoms. The van der Waals surface area contributed by atoms with Crippen LogP contribution in [0.5, 0.6) is 5.75 Å². The molecule has 1 aromatic rings. The number of hydrogen-bond acceptors (Lipinski definition) is 3. The predicted molar refractivity (Wildman–Crippen MR) is 88.8 cm³/mol. The van der Waals surface area contributed by atoms with Gasteiger partial charge in [-0.1, -0.05) is 32.4 Å². The smallest absolute Gasteiger partial charge is 0.119 e. The Labute approximate surface area is 129 Å². The number of nitrogens with zero attached hydrogens (tertiary/aromatic N) is 1. The van der Waals surface area contributed by atoms with Gasteiger partial charge in [-0.3, -0.25) is 0 Å². The first-order valence-corrected chi connectivity index (χ1v) is 8.32. The summed E-state index contributed by atoms with van der Waals surface area (Å²) in [5.74, 6) is 1.71. The monoisotopic (exact) mass is 290 g/mol. The average Bonchev–Trinajstić information content (AvgIpc) is 2.48. The molecule has 3 nitrogen and oxygen atoms in total. The molecular formula is C18H30N2O. The third-order valence-corrected chi connectivity index (χ3v) is 4.37. The zero-order valence-corrected chi connectivity index (χ0v) is 13.8. The van der Waals surface area contributed by atoms with Crippen LogP contribution in [-0.2, 0) is 6.54 Å².